The number of aromatic nitrogens is 1. The van der Waals surface area contributed by atoms with E-state index in [0.717, 1.165) is 11.3 Å². The lowest BCUT2D eigenvalue weighted by Crippen LogP contribution is -2.12. The first-order valence-electron chi connectivity index (χ1n) is 4.94. The topological polar surface area (TPSA) is 22.1 Å². The van der Waals surface area contributed by atoms with Crippen LogP contribution in [0.3, 0.4) is 0 Å². The third-order valence-corrected chi connectivity index (χ3v) is 3.25. The zero-order valence-electron chi connectivity index (χ0n) is 9.50. The summed E-state index contributed by atoms with van der Waals surface area (Å²) in [5.74, 6) is 0.958. The first-order chi connectivity index (χ1) is 7.02. The van der Waals surface area contributed by atoms with Crippen LogP contribution in [0.2, 0.25) is 0 Å². The Bertz CT molecular complexity index is 482. The zero-order chi connectivity index (χ0) is 11.1. The molecule has 0 bridgehead atoms. The summed E-state index contributed by atoms with van der Waals surface area (Å²) < 4.78 is 6.61. The van der Waals surface area contributed by atoms with Crippen LogP contribution < -0.4 is 4.74 Å². The van der Waals surface area contributed by atoms with E-state index in [4.69, 9.17) is 4.74 Å². The van der Waals surface area contributed by atoms with Gasteiger partial charge in [0.25, 0.3) is 0 Å². The van der Waals surface area contributed by atoms with Crippen LogP contribution in [-0.2, 0) is 5.41 Å². The van der Waals surface area contributed by atoms with Gasteiger partial charge < -0.3 is 4.74 Å². The molecule has 80 valence electrons. The fraction of sp³-hybridized carbons (Fsp3) is 0.417. The van der Waals surface area contributed by atoms with Crippen LogP contribution in [-0.4, -0.2) is 12.1 Å². The highest BCUT2D eigenvalue weighted by Crippen LogP contribution is 2.35. The fourth-order valence-electron chi connectivity index (χ4n) is 1.64. The lowest BCUT2D eigenvalue weighted by atomic mass is 9.86. The molecule has 1 heterocycles. The van der Waals surface area contributed by atoms with Crippen LogP contribution in [0.15, 0.2) is 17.6 Å². The summed E-state index contributed by atoms with van der Waals surface area (Å²) in [4.78, 5) is 4.33. The lowest BCUT2D eigenvalue weighted by molar-refractivity contribution is 0.398. The number of nitrogens with zero attached hydrogens (tertiary/aromatic N) is 1. The van der Waals surface area contributed by atoms with Crippen molar-refractivity contribution in [2.24, 2.45) is 0 Å². The van der Waals surface area contributed by atoms with Gasteiger partial charge in [0.15, 0.2) is 0 Å². The number of hydrogen-bond donors (Lipinski definition) is 0. The summed E-state index contributed by atoms with van der Waals surface area (Å²) in [6.07, 6.45) is 0. The van der Waals surface area contributed by atoms with E-state index in [1.165, 1.54) is 10.3 Å². The Morgan fingerprint density at radius 2 is 2.00 bits per heavy atom. The highest BCUT2D eigenvalue weighted by molar-refractivity contribution is 7.16. The average Bonchev–Trinajstić information content (AvgIpc) is 2.60. The van der Waals surface area contributed by atoms with Crippen molar-refractivity contribution < 1.29 is 4.74 Å². The van der Waals surface area contributed by atoms with E-state index < -0.39 is 0 Å². The molecule has 0 aliphatic rings. The van der Waals surface area contributed by atoms with Gasteiger partial charge in [-0.05, 0) is 17.5 Å². The van der Waals surface area contributed by atoms with Gasteiger partial charge in [-0.3, -0.25) is 0 Å². The number of benzene rings is 1. The minimum Gasteiger partial charge on any atom is -0.496 e. The molecule has 0 saturated heterocycles. The summed E-state index contributed by atoms with van der Waals surface area (Å²) in [7, 11) is 1.72. The van der Waals surface area contributed by atoms with Gasteiger partial charge in [-0.15, -0.1) is 11.3 Å². The molecule has 0 aliphatic carbocycles. The average molecular weight is 221 g/mol. The maximum atomic E-state index is 5.43. The summed E-state index contributed by atoms with van der Waals surface area (Å²) in [5.41, 5.74) is 4.23. The summed E-state index contributed by atoms with van der Waals surface area (Å²) >= 11 is 1.65. The molecule has 15 heavy (non-hydrogen) atoms. The molecule has 0 N–H and O–H groups in total. The SMILES string of the molecule is COc1cc2scnc2cc1C(C)(C)C. The van der Waals surface area contributed by atoms with Gasteiger partial charge in [0.1, 0.15) is 5.75 Å². The number of ether oxygens (including phenoxy) is 1. The third kappa shape index (κ3) is 1.84. The molecule has 0 saturated carbocycles. The first-order valence-corrected chi connectivity index (χ1v) is 5.82. The molecule has 0 unspecified atom stereocenters. The maximum Gasteiger partial charge on any atom is 0.124 e. The van der Waals surface area contributed by atoms with Gasteiger partial charge in [0.05, 0.1) is 22.8 Å². The Labute approximate surface area is 93.9 Å². The van der Waals surface area contributed by atoms with Crippen molar-refractivity contribution in [3.63, 3.8) is 0 Å². The van der Waals surface area contributed by atoms with Crippen molar-refractivity contribution in [1.82, 2.24) is 4.98 Å². The highest BCUT2D eigenvalue weighted by atomic mass is 32.1. The minimum atomic E-state index is 0.0865. The number of hydrogen-bond acceptors (Lipinski definition) is 3. The molecule has 0 atom stereocenters. The number of methoxy groups -OCH3 is 1. The van der Waals surface area contributed by atoms with Gasteiger partial charge in [0, 0.05) is 5.56 Å². The van der Waals surface area contributed by atoms with Crippen molar-refractivity contribution >= 4 is 21.6 Å². The molecular weight excluding hydrogens is 206 g/mol. The van der Waals surface area contributed by atoms with Crippen LogP contribution in [0.5, 0.6) is 5.75 Å². The van der Waals surface area contributed by atoms with E-state index in [-0.39, 0.29) is 5.41 Å². The fourth-order valence-corrected chi connectivity index (χ4v) is 2.33. The van der Waals surface area contributed by atoms with E-state index in [9.17, 15) is 0 Å². The van der Waals surface area contributed by atoms with Crippen LogP contribution in [0.25, 0.3) is 10.2 Å². The largest absolute Gasteiger partial charge is 0.496 e. The van der Waals surface area contributed by atoms with Gasteiger partial charge in [-0.1, -0.05) is 20.8 Å². The van der Waals surface area contributed by atoms with Gasteiger partial charge in [0.2, 0.25) is 0 Å². The Morgan fingerprint density at radius 3 is 2.60 bits per heavy atom. The van der Waals surface area contributed by atoms with E-state index in [0.29, 0.717) is 0 Å². The second kappa shape index (κ2) is 3.49. The minimum absolute atomic E-state index is 0.0865. The molecule has 0 spiro atoms. The molecule has 2 nitrogen and oxygen atoms in total. The van der Waals surface area contributed by atoms with Crippen molar-refractivity contribution in [1.29, 1.82) is 0 Å². The summed E-state index contributed by atoms with van der Waals surface area (Å²) in [6, 6.07) is 4.21. The zero-order valence-corrected chi connectivity index (χ0v) is 10.3. The molecule has 3 heteroatoms. The van der Waals surface area contributed by atoms with Crippen molar-refractivity contribution in [3.8, 4) is 5.75 Å². The monoisotopic (exact) mass is 221 g/mol. The van der Waals surface area contributed by atoms with E-state index >= 15 is 0 Å². The third-order valence-electron chi connectivity index (χ3n) is 2.46. The van der Waals surface area contributed by atoms with Crippen LogP contribution in [0, 0.1) is 0 Å². The molecule has 0 radical (unpaired) electrons. The van der Waals surface area contributed by atoms with Crippen LogP contribution in [0.4, 0.5) is 0 Å². The number of thiazole rings is 1. The Kier molecular flexibility index (Phi) is 2.43. The molecule has 1 aromatic carbocycles. The summed E-state index contributed by atoms with van der Waals surface area (Å²) in [5, 5.41) is 0. The summed E-state index contributed by atoms with van der Waals surface area (Å²) in [6.45, 7) is 6.55. The van der Waals surface area contributed by atoms with E-state index in [1.54, 1.807) is 18.4 Å². The highest BCUT2D eigenvalue weighted by Gasteiger charge is 2.20. The molecule has 0 amide bonds. The molecule has 0 fully saturated rings. The second-order valence-corrected chi connectivity index (χ2v) is 5.51. The molecule has 0 aliphatic heterocycles. The molecule has 2 rings (SSSR count). The quantitative estimate of drug-likeness (QED) is 0.734. The van der Waals surface area contributed by atoms with Gasteiger partial charge in [-0.25, -0.2) is 4.98 Å². The first kappa shape index (κ1) is 10.4. The molecule has 1 aromatic heterocycles. The standard InChI is InChI=1S/C12H15NOS/c1-12(2,3)8-5-9-11(15-7-13-9)6-10(8)14-4/h5-7H,1-4H3. The van der Waals surface area contributed by atoms with Gasteiger partial charge in [-0.2, -0.15) is 0 Å². The molecule has 2 aromatic rings. The normalized spacial score (nSPS) is 12.0. The lowest BCUT2D eigenvalue weighted by Gasteiger charge is -2.21. The van der Waals surface area contributed by atoms with E-state index in [1.807, 2.05) is 5.51 Å². The Balaban J connectivity index is 2.70. The van der Waals surface area contributed by atoms with Crippen molar-refractivity contribution in [2.75, 3.05) is 7.11 Å². The smallest absolute Gasteiger partial charge is 0.124 e. The van der Waals surface area contributed by atoms with Crippen molar-refractivity contribution in [2.45, 2.75) is 26.2 Å². The second-order valence-electron chi connectivity index (χ2n) is 4.62. The number of rotatable bonds is 1. The van der Waals surface area contributed by atoms with Crippen LogP contribution in [0.1, 0.15) is 26.3 Å². The predicted molar refractivity (Wildman–Crippen MR) is 64.9 cm³/mol. The maximum absolute atomic E-state index is 5.43. The predicted octanol–water partition coefficient (Wildman–Crippen LogP) is 3.60. The van der Waals surface area contributed by atoms with Gasteiger partial charge >= 0.3 is 0 Å². The van der Waals surface area contributed by atoms with Crippen molar-refractivity contribution in [3.05, 3.63) is 23.2 Å². The molecular formula is C12H15NOS. The Hall–Kier alpha value is -1.09. The van der Waals surface area contributed by atoms with E-state index in [2.05, 4.69) is 37.9 Å². The van der Waals surface area contributed by atoms with Crippen LogP contribution >= 0.6 is 11.3 Å². The number of fused-ring (bicyclic) bond motifs is 1. The Morgan fingerprint density at radius 1 is 1.27 bits per heavy atom.